The molecule has 0 bridgehead atoms. The Bertz CT molecular complexity index is 334. The first-order chi connectivity index (χ1) is 7.09. The first-order valence-corrected chi connectivity index (χ1v) is 6.48. The fourth-order valence-corrected chi connectivity index (χ4v) is 2.40. The van der Waals surface area contributed by atoms with Gasteiger partial charge in [-0.3, -0.25) is 0 Å². The van der Waals surface area contributed by atoms with Crippen LogP contribution in [0.25, 0.3) is 0 Å². The molecular formula is C12H17NS2. The van der Waals surface area contributed by atoms with Crippen LogP contribution in [0.4, 0.5) is 0 Å². The van der Waals surface area contributed by atoms with Gasteiger partial charge in [0, 0.05) is 17.1 Å². The molecule has 1 nitrogen and oxygen atoms in total. The predicted molar refractivity (Wildman–Crippen MR) is 72.5 cm³/mol. The fourth-order valence-electron chi connectivity index (χ4n) is 1.23. The largest absolute Gasteiger partial charge is 0.393 e. The Morgan fingerprint density at radius 2 is 2.07 bits per heavy atom. The molecule has 82 valence electrons. The summed E-state index contributed by atoms with van der Waals surface area (Å²) < 4.78 is 0. The van der Waals surface area contributed by atoms with E-state index in [2.05, 4.69) is 32.0 Å². The average Bonchev–Trinajstić information content (AvgIpc) is 2.15. The summed E-state index contributed by atoms with van der Waals surface area (Å²) in [6.07, 6.45) is 0.705. The van der Waals surface area contributed by atoms with Crippen LogP contribution >= 0.6 is 24.0 Å². The second-order valence-electron chi connectivity index (χ2n) is 3.96. The van der Waals surface area contributed by atoms with Crippen molar-refractivity contribution in [1.29, 1.82) is 0 Å². The zero-order valence-corrected chi connectivity index (χ0v) is 10.8. The van der Waals surface area contributed by atoms with E-state index >= 15 is 0 Å². The van der Waals surface area contributed by atoms with Crippen LogP contribution in [0.1, 0.15) is 19.4 Å². The highest BCUT2D eigenvalue weighted by Gasteiger charge is 2.04. The minimum Gasteiger partial charge on any atom is -0.393 e. The van der Waals surface area contributed by atoms with Gasteiger partial charge in [0.2, 0.25) is 0 Å². The van der Waals surface area contributed by atoms with Gasteiger partial charge < -0.3 is 5.73 Å². The van der Waals surface area contributed by atoms with Gasteiger partial charge in [-0.1, -0.05) is 44.3 Å². The summed E-state index contributed by atoms with van der Waals surface area (Å²) in [6, 6.07) is 8.33. The fraction of sp³-hybridized carbons (Fsp3) is 0.417. The summed E-state index contributed by atoms with van der Waals surface area (Å²) in [5.74, 6) is 1.84. The van der Waals surface area contributed by atoms with Crippen molar-refractivity contribution in [2.24, 2.45) is 11.7 Å². The molecule has 0 aliphatic rings. The lowest BCUT2D eigenvalue weighted by Gasteiger charge is -2.09. The van der Waals surface area contributed by atoms with Crippen molar-refractivity contribution in [2.45, 2.75) is 25.2 Å². The normalized spacial score (nSPS) is 10.6. The van der Waals surface area contributed by atoms with Gasteiger partial charge in [-0.15, -0.1) is 11.8 Å². The van der Waals surface area contributed by atoms with Crippen LogP contribution in [0.3, 0.4) is 0 Å². The molecule has 2 N–H and O–H groups in total. The molecule has 1 aromatic carbocycles. The molecule has 0 amide bonds. The summed E-state index contributed by atoms with van der Waals surface area (Å²) in [6.45, 7) is 4.45. The molecule has 15 heavy (non-hydrogen) atoms. The maximum Gasteiger partial charge on any atom is 0.0772 e. The van der Waals surface area contributed by atoms with Crippen molar-refractivity contribution >= 4 is 29.0 Å². The molecule has 0 atom stereocenters. The first-order valence-electron chi connectivity index (χ1n) is 5.08. The van der Waals surface area contributed by atoms with Crippen molar-refractivity contribution in [2.75, 3.05) is 5.75 Å². The molecule has 0 aromatic heterocycles. The van der Waals surface area contributed by atoms with Gasteiger partial charge in [0.05, 0.1) is 4.99 Å². The maximum atomic E-state index is 5.57. The minimum atomic E-state index is 0.563. The van der Waals surface area contributed by atoms with Gasteiger partial charge in [0.1, 0.15) is 0 Å². The van der Waals surface area contributed by atoms with E-state index in [0.717, 1.165) is 5.75 Å². The molecule has 0 radical (unpaired) electrons. The van der Waals surface area contributed by atoms with Crippen molar-refractivity contribution in [1.82, 2.24) is 0 Å². The highest BCUT2D eigenvalue weighted by atomic mass is 32.2. The number of thioether (sulfide) groups is 1. The number of hydrogen-bond donors (Lipinski definition) is 1. The number of benzene rings is 1. The quantitative estimate of drug-likeness (QED) is 0.631. The van der Waals surface area contributed by atoms with Crippen LogP contribution in [0.2, 0.25) is 0 Å². The Balaban J connectivity index is 2.72. The molecule has 0 fully saturated rings. The van der Waals surface area contributed by atoms with Gasteiger partial charge in [0.25, 0.3) is 0 Å². The van der Waals surface area contributed by atoms with Crippen molar-refractivity contribution in [3.8, 4) is 0 Å². The van der Waals surface area contributed by atoms with E-state index in [9.17, 15) is 0 Å². The average molecular weight is 239 g/mol. The van der Waals surface area contributed by atoms with E-state index < -0.39 is 0 Å². The van der Waals surface area contributed by atoms with Crippen molar-refractivity contribution in [3.63, 3.8) is 0 Å². The summed E-state index contributed by atoms with van der Waals surface area (Å²) >= 11 is 6.82. The number of nitrogens with two attached hydrogens (primary N) is 1. The third kappa shape index (κ3) is 4.67. The van der Waals surface area contributed by atoms with Crippen LogP contribution in [0, 0.1) is 5.92 Å². The SMILES string of the molecule is CC(C)CSc1ccccc1CC(N)=S. The van der Waals surface area contributed by atoms with Gasteiger partial charge >= 0.3 is 0 Å². The molecule has 0 aliphatic heterocycles. The first kappa shape index (κ1) is 12.5. The summed E-state index contributed by atoms with van der Waals surface area (Å²) in [5.41, 5.74) is 6.82. The number of hydrogen-bond acceptors (Lipinski definition) is 2. The molecule has 1 rings (SSSR count). The smallest absolute Gasteiger partial charge is 0.0772 e. The van der Waals surface area contributed by atoms with Crippen molar-refractivity contribution < 1.29 is 0 Å². The second kappa shape index (κ2) is 6.13. The molecule has 0 saturated heterocycles. The molecule has 3 heteroatoms. The lowest BCUT2D eigenvalue weighted by molar-refractivity contribution is 0.750. The number of thiocarbonyl (C=S) groups is 1. The molecule has 0 aliphatic carbocycles. The molecule has 0 spiro atoms. The monoisotopic (exact) mass is 239 g/mol. The Labute approximate surface area is 101 Å². The van der Waals surface area contributed by atoms with Gasteiger partial charge in [-0.25, -0.2) is 0 Å². The molecule has 0 saturated carbocycles. The standard InChI is InChI=1S/C12H17NS2/c1-9(2)8-15-11-6-4-3-5-10(11)7-12(13)14/h3-6,9H,7-8H2,1-2H3,(H2,13,14). The summed E-state index contributed by atoms with van der Waals surface area (Å²) in [4.78, 5) is 1.87. The lowest BCUT2D eigenvalue weighted by atomic mass is 10.1. The molecule has 0 heterocycles. The van der Waals surface area contributed by atoms with Crippen LogP contribution < -0.4 is 5.73 Å². The topological polar surface area (TPSA) is 26.0 Å². The maximum absolute atomic E-state index is 5.57. The molecular weight excluding hydrogens is 222 g/mol. The Morgan fingerprint density at radius 1 is 1.40 bits per heavy atom. The van der Waals surface area contributed by atoms with E-state index in [-0.39, 0.29) is 0 Å². The third-order valence-electron chi connectivity index (χ3n) is 1.91. The summed E-state index contributed by atoms with van der Waals surface area (Å²) in [7, 11) is 0. The Hall–Kier alpha value is -0.540. The highest BCUT2D eigenvalue weighted by molar-refractivity contribution is 7.99. The van der Waals surface area contributed by atoms with Crippen LogP contribution in [0.15, 0.2) is 29.2 Å². The van der Waals surface area contributed by atoms with Gasteiger partial charge in [-0.05, 0) is 17.5 Å². The number of rotatable bonds is 5. The van der Waals surface area contributed by atoms with E-state index in [1.807, 2.05) is 17.8 Å². The van der Waals surface area contributed by atoms with E-state index in [1.165, 1.54) is 10.5 Å². The lowest BCUT2D eigenvalue weighted by Crippen LogP contribution is -2.11. The zero-order valence-electron chi connectivity index (χ0n) is 9.19. The predicted octanol–water partition coefficient (Wildman–Crippen LogP) is 3.26. The summed E-state index contributed by atoms with van der Waals surface area (Å²) in [5, 5.41) is 0. The second-order valence-corrected chi connectivity index (χ2v) is 5.54. The van der Waals surface area contributed by atoms with Crippen LogP contribution in [-0.2, 0) is 6.42 Å². The Morgan fingerprint density at radius 3 is 2.67 bits per heavy atom. The van der Waals surface area contributed by atoms with Crippen molar-refractivity contribution in [3.05, 3.63) is 29.8 Å². The molecule has 1 aromatic rings. The van der Waals surface area contributed by atoms with Gasteiger partial charge in [-0.2, -0.15) is 0 Å². The van der Waals surface area contributed by atoms with Crippen LogP contribution in [0.5, 0.6) is 0 Å². The van der Waals surface area contributed by atoms with E-state index in [4.69, 9.17) is 18.0 Å². The third-order valence-corrected chi connectivity index (χ3v) is 3.60. The van der Waals surface area contributed by atoms with Gasteiger partial charge in [0.15, 0.2) is 0 Å². The van der Waals surface area contributed by atoms with Crippen LogP contribution in [-0.4, -0.2) is 10.7 Å². The highest BCUT2D eigenvalue weighted by Crippen LogP contribution is 2.24. The van der Waals surface area contributed by atoms with E-state index in [1.54, 1.807) is 0 Å². The zero-order chi connectivity index (χ0) is 11.3. The Kier molecular flexibility index (Phi) is 5.12. The van der Waals surface area contributed by atoms with E-state index in [0.29, 0.717) is 17.3 Å². The molecule has 0 unspecified atom stereocenters. The minimum absolute atomic E-state index is 0.563.